The molecule has 0 aromatic heterocycles. The number of methoxy groups -OCH3 is 1. The van der Waals surface area contributed by atoms with Crippen LogP contribution in [0.2, 0.25) is 0 Å². The molecule has 3 nitrogen and oxygen atoms in total. The van der Waals surface area contributed by atoms with Gasteiger partial charge in [0.05, 0.1) is 12.7 Å². The van der Waals surface area contributed by atoms with E-state index in [1.54, 1.807) is 7.11 Å². The van der Waals surface area contributed by atoms with E-state index >= 15 is 0 Å². The Morgan fingerprint density at radius 3 is 3.05 bits per heavy atom. The van der Waals surface area contributed by atoms with Gasteiger partial charge in [0.2, 0.25) is 0 Å². The van der Waals surface area contributed by atoms with Crippen molar-refractivity contribution in [1.82, 2.24) is 5.32 Å². The minimum absolute atomic E-state index is 0.362. The summed E-state index contributed by atoms with van der Waals surface area (Å²) < 4.78 is 4.94. The number of aryl methyl sites for hydroxylation is 1. The highest BCUT2D eigenvalue weighted by atomic mass is 16.5. The Morgan fingerprint density at radius 2 is 2.21 bits per heavy atom. The SMILES string of the molecule is COCC(O)CCNC1CCCCc2ccccc21. The largest absolute Gasteiger partial charge is 0.391 e. The number of nitrogens with one attached hydrogen (secondary N) is 1. The molecule has 0 radical (unpaired) electrons. The fourth-order valence-corrected chi connectivity index (χ4v) is 2.83. The van der Waals surface area contributed by atoms with Crippen molar-refractivity contribution in [2.75, 3.05) is 20.3 Å². The molecule has 2 unspecified atom stereocenters. The molecule has 1 aromatic carbocycles. The first-order chi connectivity index (χ1) is 9.31. The first-order valence-corrected chi connectivity index (χ1v) is 7.29. The van der Waals surface area contributed by atoms with Gasteiger partial charge in [-0.2, -0.15) is 0 Å². The van der Waals surface area contributed by atoms with Crippen LogP contribution in [0.5, 0.6) is 0 Å². The average molecular weight is 263 g/mol. The van der Waals surface area contributed by atoms with Crippen molar-refractivity contribution in [3.63, 3.8) is 0 Å². The maximum absolute atomic E-state index is 9.66. The van der Waals surface area contributed by atoms with E-state index in [2.05, 4.69) is 29.6 Å². The molecule has 2 rings (SSSR count). The van der Waals surface area contributed by atoms with Gasteiger partial charge in [0.25, 0.3) is 0 Å². The zero-order valence-corrected chi connectivity index (χ0v) is 11.8. The molecule has 1 aliphatic rings. The second kappa shape index (κ2) is 7.63. The van der Waals surface area contributed by atoms with Crippen molar-refractivity contribution >= 4 is 0 Å². The smallest absolute Gasteiger partial charge is 0.0785 e. The summed E-state index contributed by atoms with van der Waals surface area (Å²) in [5, 5.41) is 13.3. The quantitative estimate of drug-likeness (QED) is 0.775. The zero-order chi connectivity index (χ0) is 13.5. The van der Waals surface area contributed by atoms with Gasteiger partial charge in [0.15, 0.2) is 0 Å². The Balaban J connectivity index is 1.89. The zero-order valence-electron chi connectivity index (χ0n) is 11.8. The molecule has 106 valence electrons. The monoisotopic (exact) mass is 263 g/mol. The van der Waals surface area contributed by atoms with Gasteiger partial charge >= 0.3 is 0 Å². The van der Waals surface area contributed by atoms with Gasteiger partial charge in [-0.15, -0.1) is 0 Å². The van der Waals surface area contributed by atoms with Crippen LogP contribution in [0.4, 0.5) is 0 Å². The number of hydrogen-bond donors (Lipinski definition) is 2. The fraction of sp³-hybridized carbons (Fsp3) is 0.625. The highest BCUT2D eigenvalue weighted by molar-refractivity contribution is 5.31. The van der Waals surface area contributed by atoms with Crippen LogP contribution in [0.3, 0.4) is 0 Å². The maximum Gasteiger partial charge on any atom is 0.0785 e. The number of benzene rings is 1. The molecule has 0 amide bonds. The lowest BCUT2D eigenvalue weighted by atomic mass is 9.99. The summed E-state index contributed by atoms with van der Waals surface area (Å²) in [5.74, 6) is 0. The summed E-state index contributed by atoms with van der Waals surface area (Å²) in [7, 11) is 1.62. The highest BCUT2D eigenvalue weighted by Gasteiger charge is 2.17. The first kappa shape index (κ1) is 14.5. The Labute approximate surface area is 116 Å². The van der Waals surface area contributed by atoms with Crippen molar-refractivity contribution in [2.24, 2.45) is 0 Å². The molecule has 0 aliphatic heterocycles. The van der Waals surface area contributed by atoms with Crippen molar-refractivity contribution in [3.05, 3.63) is 35.4 Å². The van der Waals surface area contributed by atoms with Gasteiger partial charge in [-0.3, -0.25) is 0 Å². The predicted octanol–water partition coefficient (Wildman–Crippen LogP) is 2.44. The van der Waals surface area contributed by atoms with Crippen LogP contribution < -0.4 is 5.32 Å². The summed E-state index contributed by atoms with van der Waals surface area (Å²) in [4.78, 5) is 0. The molecular weight excluding hydrogens is 238 g/mol. The molecule has 0 heterocycles. The predicted molar refractivity (Wildman–Crippen MR) is 77.2 cm³/mol. The summed E-state index contributed by atoms with van der Waals surface area (Å²) in [6.45, 7) is 1.26. The van der Waals surface area contributed by atoms with E-state index in [-0.39, 0.29) is 6.10 Å². The molecule has 0 saturated carbocycles. The lowest BCUT2D eigenvalue weighted by Crippen LogP contribution is -2.27. The van der Waals surface area contributed by atoms with E-state index in [9.17, 15) is 5.11 Å². The summed E-state index contributed by atoms with van der Waals surface area (Å²) in [6.07, 6.45) is 5.32. The first-order valence-electron chi connectivity index (χ1n) is 7.29. The van der Waals surface area contributed by atoms with Crippen LogP contribution in [0.1, 0.15) is 42.9 Å². The number of hydrogen-bond acceptors (Lipinski definition) is 3. The third-order valence-corrected chi connectivity index (χ3v) is 3.85. The van der Waals surface area contributed by atoms with Crippen molar-refractivity contribution in [2.45, 2.75) is 44.2 Å². The molecule has 1 aliphatic carbocycles. The molecule has 2 N–H and O–H groups in total. The van der Waals surface area contributed by atoms with Crippen LogP contribution in [0.15, 0.2) is 24.3 Å². The number of ether oxygens (including phenoxy) is 1. The summed E-state index contributed by atoms with van der Waals surface area (Å²) >= 11 is 0. The molecule has 0 bridgehead atoms. The van der Waals surface area contributed by atoms with E-state index in [1.807, 2.05) is 0 Å². The fourth-order valence-electron chi connectivity index (χ4n) is 2.83. The van der Waals surface area contributed by atoms with E-state index in [0.717, 1.165) is 13.0 Å². The Bertz CT molecular complexity index is 381. The van der Waals surface area contributed by atoms with E-state index in [1.165, 1.54) is 36.8 Å². The Kier molecular flexibility index (Phi) is 5.83. The minimum atomic E-state index is -0.362. The van der Waals surface area contributed by atoms with Crippen LogP contribution in [0.25, 0.3) is 0 Å². The van der Waals surface area contributed by atoms with Crippen LogP contribution in [-0.4, -0.2) is 31.5 Å². The third-order valence-electron chi connectivity index (χ3n) is 3.85. The Hall–Kier alpha value is -0.900. The molecule has 19 heavy (non-hydrogen) atoms. The normalized spacial score (nSPS) is 20.6. The second-order valence-electron chi connectivity index (χ2n) is 5.35. The molecule has 1 aromatic rings. The van der Waals surface area contributed by atoms with Gasteiger partial charge in [-0.1, -0.05) is 30.7 Å². The van der Waals surface area contributed by atoms with E-state index < -0.39 is 0 Å². The van der Waals surface area contributed by atoms with E-state index in [4.69, 9.17) is 4.74 Å². The highest BCUT2D eigenvalue weighted by Crippen LogP contribution is 2.28. The van der Waals surface area contributed by atoms with E-state index in [0.29, 0.717) is 12.6 Å². The van der Waals surface area contributed by atoms with Crippen molar-refractivity contribution in [3.8, 4) is 0 Å². The number of fused-ring (bicyclic) bond motifs is 1. The van der Waals surface area contributed by atoms with Crippen LogP contribution in [0, 0.1) is 0 Å². The van der Waals surface area contributed by atoms with Gasteiger partial charge < -0.3 is 15.2 Å². The summed E-state index contributed by atoms with van der Waals surface area (Å²) in [6, 6.07) is 9.18. The lowest BCUT2D eigenvalue weighted by molar-refractivity contribution is 0.0589. The second-order valence-corrected chi connectivity index (χ2v) is 5.35. The topological polar surface area (TPSA) is 41.5 Å². The van der Waals surface area contributed by atoms with Gasteiger partial charge in [-0.25, -0.2) is 0 Å². The molecule has 0 saturated heterocycles. The number of rotatable bonds is 6. The third kappa shape index (κ3) is 4.30. The molecule has 0 fully saturated rings. The van der Waals surface area contributed by atoms with Gasteiger partial charge in [-0.05, 0) is 43.4 Å². The molecule has 2 atom stereocenters. The van der Waals surface area contributed by atoms with Gasteiger partial charge in [0, 0.05) is 13.2 Å². The van der Waals surface area contributed by atoms with Crippen molar-refractivity contribution in [1.29, 1.82) is 0 Å². The number of aliphatic hydroxyl groups excluding tert-OH is 1. The minimum Gasteiger partial charge on any atom is -0.391 e. The molecule has 0 spiro atoms. The van der Waals surface area contributed by atoms with Crippen LogP contribution in [-0.2, 0) is 11.2 Å². The van der Waals surface area contributed by atoms with Crippen molar-refractivity contribution < 1.29 is 9.84 Å². The molecular formula is C16H25NO2. The van der Waals surface area contributed by atoms with Crippen LogP contribution >= 0.6 is 0 Å². The van der Waals surface area contributed by atoms with Gasteiger partial charge in [0.1, 0.15) is 0 Å². The maximum atomic E-state index is 9.66. The lowest BCUT2D eigenvalue weighted by Gasteiger charge is -2.20. The molecule has 3 heteroatoms. The Morgan fingerprint density at radius 1 is 1.37 bits per heavy atom. The summed E-state index contributed by atoms with van der Waals surface area (Å²) in [5.41, 5.74) is 2.93. The standard InChI is InChI=1S/C16H25NO2/c1-19-12-14(18)10-11-17-16-9-5-3-7-13-6-2-4-8-15(13)16/h2,4,6,8,14,16-18H,3,5,7,9-12H2,1H3. The average Bonchev–Trinajstić information content (AvgIpc) is 2.62. The number of aliphatic hydroxyl groups is 1.